The molecule has 0 radical (unpaired) electrons. The van der Waals surface area contributed by atoms with Crippen molar-refractivity contribution in [2.75, 3.05) is 26.4 Å². The minimum atomic E-state index is -3.56. The number of ether oxygens (including phenoxy) is 1. The van der Waals surface area contributed by atoms with Gasteiger partial charge >= 0.3 is 0 Å². The van der Waals surface area contributed by atoms with Crippen LogP contribution in [0.5, 0.6) is 0 Å². The molecule has 0 atom stereocenters. The first-order valence-electron chi connectivity index (χ1n) is 4.78. The van der Waals surface area contributed by atoms with E-state index in [1.165, 1.54) is 12.1 Å². The highest BCUT2D eigenvalue weighted by molar-refractivity contribution is 7.91. The summed E-state index contributed by atoms with van der Waals surface area (Å²) in [5, 5.41) is 17.0. The van der Waals surface area contributed by atoms with E-state index in [2.05, 4.69) is 4.72 Å². The summed E-state index contributed by atoms with van der Waals surface area (Å²) >= 11 is 0.916. The summed E-state index contributed by atoms with van der Waals surface area (Å²) in [5.74, 6) is 0. The van der Waals surface area contributed by atoms with E-state index in [-0.39, 0.29) is 30.6 Å². The lowest BCUT2D eigenvalue weighted by Gasteiger charge is -2.04. The Labute approximate surface area is 104 Å². The minimum absolute atomic E-state index is 0.0940. The van der Waals surface area contributed by atoms with Crippen LogP contribution in [0.4, 0.5) is 0 Å². The molecule has 94 valence electrons. The van der Waals surface area contributed by atoms with Crippen molar-refractivity contribution in [3.05, 3.63) is 17.0 Å². The molecule has 0 amide bonds. The minimum Gasteiger partial charge on any atom is -0.394 e. The van der Waals surface area contributed by atoms with Gasteiger partial charge in [-0.05, 0) is 12.1 Å². The van der Waals surface area contributed by atoms with Gasteiger partial charge in [0, 0.05) is 6.54 Å². The molecule has 1 aromatic heterocycles. The van der Waals surface area contributed by atoms with Gasteiger partial charge < -0.3 is 9.84 Å². The average Bonchev–Trinajstić information content (AvgIpc) is 2.78. The van der Waals surface area contributed by atoms with Gasteiger partial charge in [-0.25, -0.2) is 13.1 Å². The zero-order valence-corrected chi connectivity index (χ0v) is 10.6. The highest BCUT2D eigenvalue weighted by Gasteiger charge is 2.15. The standard InChI is InChI=1S/C9H12N2O4S2/c10-7-8-1-2-9(16-8)17(13,14)11-3-5-15-6-4-12/h1-2,11-12H,3-6H2. The third-order valence-corrected chi connectivity index (χ3v) is 4.67. The molecule has 1 rings (SSSR count). The molecule has 0 saturated heterocycles. The monoisotopic (exact) mass is 276 g/mol. The largest absolute Gasteiger partial charge is 0.394 e. The van der Waals surface area contributed by atoms with Gasteiger partial charge in [0.15, 0.2) is 0 Å². The first-order chi connectivity index (χ1) is 8.10. The van der Waals surface area contributed by atoms with Crippen molar-refractivity contribution in [3.63, 3.8) is 0 Å². The van der Waals surface area contributed by atoms with Crippen LogP contribution in [-0.2, 0) is 14.8 Å². The maximum Gasteiger partial charge on any atom is 0.250 e. The van der Waals surface area contributed by atoms with Crippen molar-refractivity contribution in [1.29, 1.82) is 5.26 Å². The molecule has 1 heterocycles. The third-order valence-electron chi connectivity index (χ3n) is 1.73. The molecule has 0 aromatic carbocycles. The number of rotatable bonds is 7. The van der Waals surface area contributed by atoms with E-state index in [0.717, 1.165) is 11.3 Å². The zero-order chi connectivity index (χ0) is 12.7. The molecule has 0 fully saturated rings. The fourth-order valence-electron chi connectivity index (χ4n) is 1.01. The number of thiophene rings is 1. The predicted molar refractivity (Wildman–Crippen MR) is 62.1 cm³/mol. The van der Waals surface area contributed by atoms with E-state index in [1.54, 1.807) is 0 Å². The van der Waals surface area contributed by atoms with Gasteiger partial charge in [0.25, 0.3) is 0 Å². The van der Waals surface area contributed by atoms with Gasteiger partial charge in [-0.3, -0.25) is 0 Å². The van der Waals surface area contributed by atoms with Gasteiger partial charge in [-0.1, -0.05) is 0 Å². The summed E-state index contributed by atoms with van der Waals surface area (Å²) in [6.45, 7) is 0.404. The van der Waals surface area contributed by atoms with Gasteiger partial charge in [-0.15, -0.1) is 11.3 Å². The predicted octanol–water partition coefficient (Wildman–Crippen LogP) is -0.0930. The first-order valence-corrected chi connectivity index (χ1v) is 7.08. The Balaban J connectivity index is 2.49. The highest BCUT2D eigenvalue weighted by Crippen LogP contribution is 2.20. The van der Waals surface area contributed by atoms with Crippen molar-refractivity contribution in [2.24, 2.45) is 0 Å². The molecule has 6 nitrogen and oxygen atoms in total. The van der Waals surface area contributed by atoms with Gasteiger partial charge in [-0.2, -0.15) is 5.26 Å². The number of aliphatic hydroxyl groups is 1. The smallest absolute Gasteiger partial charge is 0.250 e. The molecule has 0 bridgehead atoms. The number of hydrogen-bond donors (Lipinski definition) is 2. The Morgan fingerprint density at radius 1 is 1.47 bits per heavy atom. The quantitative estimate of drug-likeness (QED) is 0.678. The fraction of sp³-hybridized carbons (Fsp3) is 0.444. The molecular weight excluding hydrogens is 264 g/mol. The van der Waals surface area contributed by atoms with Gasteiger partial charge in [0.2, 0.25) is 10.0 Å². The second-order valence-corrected chi connectivity index (χ2v) is 6.04. The van der Waals surface area contributed by atoms with Crippen molar-refractivity contribution in [2.45, 2.75) is 4.21 Å². The molecule has 0 spiro atoms. The first kappa shape index (κ1) is 14.1. The van der Waals surface area contributed by atoms with E-state index >= 15 is 0 Å². The summed E-state index contributed by atoms with van der Waals surface area (Å²) in [6.07, 6.45) is 0. The lowest BCUT2D eigenvalue weighted by atomic mass is 10.5. The maximum atomic E-state index is 11.7. The lowest BCUT2D eigenvalue weighted by Crippen LogP contribution is -2.27. The Morgan fingerprint density at radius 2 is 2.24 bits per heavy atom. The number of aliphatic hydroxyl groups excluding tert-OH is 1. The van der Waals surface area contributed by atoms with Crippen molar-refractivity contribution in [1.82, 2.24) is 4.72 Å². The van der Waals surface area contributed by atoms with Crippen LogP contribution in [0.25, 0.3) is 0 Å². The van der Waals surface area contributed by atoms with E-state index < -0.39 is 10.0 Å². The maximum absolute atomic E-state index is 11.7. The Kier molecular flexibility index (Phi) is 5.54. The van der Waals surface area contributed by atoms with Crippen molar-refractivity contribution in [3.8, 4) is 6.07 Å². The summed E-state index contributed by atoms with van der Waals surface area (Å²) in [4.78, 5) is 0.349. The van der Waals surface area contributed by atoms with Crippen molar-refractivity contribution >= 4 is 21.4 Å². The molecule has 0 aliphatic carbocycles. The summed E-state index contributed by atoms with van der Waals surface area (Å²) in [7, 11) is -3.56. The van der Waals surface area contributed by atoms with Crippen LogP contribution in [0.15, 0.2) is 16.3 Å². The topological polar surface area (TPSA) is 99.4 Å². The molecule has 2 N–H and O–H groups in total. The van der Waals surface area contributed by atoms with Crippen LogP contribution in [0.2, 0.25) is 0 Å². The average molecular weight is 276 g/mol. The highest BCUT2D eigenvalue weighted by atomic mass is 32.2. The third kappa shape index (κ3) is 4.41. The molecule has 0 unspecified atom stereocenters. The van der Waals surface area contributed by atoms with Crippen LogP contribution >= 0.6 is 11.3 Å². The number of nitrogens with one attached hydrogen (secondary N) is 1. The van der Waals surface area contributed by atoms with Crippen LogP contribution in [0, 0.1) is 11.3 Å². The van der Waals surface area contributed by atoms with Crippen LogP contribution < -0.4 is 4.72 Å². The molecule has 0 saturated carbocycles. The van der Waals surface area contributed by atoms with E-state index in [1.807, 2.05) is 6.07 Å². The second kappa shape index (κ2) is 6.68. The molecule has 1 aromatic rings. The molecule has 8 heteroatoms. The van der Waals surface area contributed by atoms with E-state index in [9.17, 15) is 8.42 Å². The van der Waals surface area contributed by atoms with Crippen LogP contribution in [-0.4, -0.2) is 39.9 Å². The Hall–Kier alpha value is -0.980. The number of hydrogen-bond acceptors (Lipinski definition) is 6. The number of nitrogens with zero attached hydrogens (tertiary/aromatic N) is 1. The summed E-state index contributed by atoms with van der Waals surface area (Å²) in [5.41, 5.74) is 0. The summed E-state index contributed by atoms with van der Waals surface area (Å²) in [6, 6.07) is 4.73. The number of nitriles is 1. The SMILES string of the molecule is N#Cc1ccc(S(=O)(=O)NCCOCCO)s1. The normalized spacial score (nSPS) is 11.3. The molecule has 0 aliphatic rings. The van der Waals surface area contributed by atoms with Crippen LogP contribution in [0.3, 0.4) is 0 Å². The molecular formula is C9H12N2O4S2. The van der Waals surface area contributed by atoms with Crippen LogP contribution in [0.1, 0.15) is 4.88 Å². The number of sulfonamides is 1. The second-order valence-electron chi connectivity index (χ2n) is 2.96. The fourth-order valence-corrected chi connectivity index (χ4v) is 3.17. The molecule has 0 aliphatic heterocycles. The molecule has 17 heavy (non-hydrogen) atoms. The van der Waals surface area contributed by atoms with Crippen molar-refractivity contribution < 1.29 is 18.3 Å². The Bertz CT molecular complexity index is 489. The summed E-state index contributed by atoms with van der Waals surface area (Å²) < 4.78 is 30.7. The Morgan fingerprint density at radius 3 is 2.82 bits per heavy atom. The van der Waals surface area contributed by atoms with Gasteiger partial charge in [0.1, 0.15) is 15.2 Å². The van der Waals surface area contributed by atoms with E-state index in [4.69, 9.17) is 15.1 Å². The van der Waals surface area contributed by atoms with Gasteiger partial charge in [0.05, 0.1) is 19.8 Å². The zero-order valence-electron chi connectivity index (χ0n) is 8.92. The lowest BCUT2D eigenvalue weighted by molar-refractivity contribution is 0.0961. The van der Waals surface area contributed by atoms with E-state index in [0.29, 0.717) is 4.88 Å².